The number of anilines is 1. The number of fused-ring (bicyclic) bond motifs is 1. The van der Waals surface area contributed by atoms with Crippen molar-refractivity contribution in [3.63, 3.8) is 0 Å². The van der Waals surface area contributed by atoms with Crippen molar-refractivity contribution < 1.29 is 51.2 Å². The molecule has 0 amide bonds. The zero-order chi connectivity index (χ0) is 23.2. The van der Waals surface area contributed by atoms with Gasteiger partial charge in [0, 0.05) is 12.5 Å². The van der Waals surface area contributed by atoms with Crippen LogP contribution in [0.1, 0.15) is 12.6 Å². The van der Waals surface area contributed by atoms with Crippen LogP contribution < -0.4 is 36.6 Å². The first-order valence-electron chi connectivity index (χ1n) is 8.00. The number of nitrogens with zero attached hydrogens (tertiary/aromatic N) is 3. The molecule has 21 heteroatoms. The largest absolute Gasteiger partial charge is 0.790 e. The molecule has 0 aromatic carbocycles. The lowest BCUT2D eigenvalue weighted by Gasteiger charge is -2.37. The normalized spacial score (nSPS) is 26.0. The lowest BCUT2D eigenvalue weighted by molar-refractivity contribution is -0.339. The summed E-state index contributed by atoms with van der Waals surface area (Å²) in [4.78, 5) is 65.3. The smallest absolute Gasteiger partial charge is 0.280 e. The summed E-state index contributed by atoms with van der Waals surface area (Å²) in [7, 11) is -17.9. The van der Waals surface area contributed by atoms with Crippen molar-refractivity contribution >= 4 is 40.6 Å². The van der Waals surface area contributed by atoms with E-state index in [2.05, 4.69) is 28.1 Å². The van der Waals surface area contributed by atoms with Gasteiger partial charge in [-0.1, -0.05) is 0 Å². The van der Waals surface area contributed by atoms with Gasteiger partial charge in [0.25, 0.3) is 21.2 Å². The van der Waals surface area contributed by atoms with Crippen LogP contribution in [0, 0.1) is 0 Å². The van der Waals surface area contributed by atoms with E-state index in [1.165, 1.54) is 10.9 Å². The van der Waals surface area contributed by atoms with Crippen molar-refractivity contribution in [3.05, 3.63) is 16.7 Å². The molecule has 5 N–H and O–H groups in total. The average molecular weight is 502 g/mol. The Hall–Kier alpha value is -1.52. The number of nitrogens with two attached hydrogens (primary N) is 2. The van der Waals surface area contributed by atoms with Gasteiger partial charge in [0.1, 0.15) is 6.23 Å². The summed E-state index contributed by atoms with van der Waals surface area (Å²) in [6, 6.07) is -0.833. The monoisotopic (exact) mass is 502 g/mol. The number of aromatic nitrogens is 4. The molecule has 2 aromatic rings. The first-order chi connectivity index (χ1) is 14.2. The second kappa shape index (κ2) is 8.44. The topological polar surface area (TPSA) is 296 Å². The fourth-order valence-electron chi connectivity index (χ4n) is 2.69. The molecule has 1 saturated heterocycles. The summed E-state index contributed by atoms with van der Waals surface area (Å²) in [6.07, 6.45) is -0.680. The highest BCUT2D eigenvalue weighted by molar-refractivity contribution is 7.64. The number of hydrogen-bond donors (Lipinski definition) is 3. The first-order valence-corrected chi connectivity index (χ1v) is 12.4. The molecule has 5 atom stereocenters. The summed E-state index contributed by atoms with van der Waals surface area (Å²) in [5.74, 6) is -0.184. The number of nitrogen functional groups attached to an aromatic ring is 1. The molecule has 18 nitrogen and oxygen atoms in total. The number of rotatable bonds is 8. The maximum atomic E-state index is 11.8. The van der Waals surface area contributed by atoms with Gasteiger partial charge in [0.05, 0.1) is 26.9 Å². The SMILES string of the molecule is Nc1nc2c(ncn2C2CC(N)C(COP(=O)([O-])OP(=O)([O-])OP(=O)([O-])[O-])O2)c(=O)[nH]1. The highest BCUT2D eigenvalue weighted by atomic mass is 31.3. The van der Waals surface area contributed by atoms with Gasteiger partial charge in [-0.15, -0.1) is 0 Å². The molecule has 0 bridgehead atoms. The summed E-state index contributed by atoms with van der Waals surface area (Å²) in [5, 5.41) is 0. The van der Waals surface area contributed by atoms with Gasteiger partial charge in [-0.3, -0.25) is 27.8 Å². The molecule has 3 rings (SSSR count). The highest BCUT2D eigenvalue weighted by Gasteiger charge is 2.36. The summed E-state index contributed by atoms with van der Waals surface area (Å²) < 4.78 is 50.8. The molecule has 3 heterocycles. The number of nitrogens with one attached hydrogen (secondary N) is 1. The van der Waals surface area contributed by atoms with Crippen LogP contribution in [0.5, 0.6) is 0 Å². The molecule has 0 saturated carbocycles. The van der Waals surface area contributed by atoms with E-state index in [1.54, 1.807) is 0 Å². The van der Waals surface area contributed by atoms with Crippen LogP contribution in [0.3, 0.4) is 0 Å². The Balaban J connectivity index is 1.67. The lowest BCUT2D eigenvalue weighted by atomic mass is 10.1. The van der Waals surface area contributed by atoms with E-state index in [1.807, 2.05) is 0 Å². The Kier molecular flexibility index (Phi) is 6.57. The number of H-pyrrole nitrogens is 1. The van der Waals surface area contributed by atoms with E-state index in [0.717, 1.165) is 0 Å². The molecule has 1 aliphatic heterocycles. The first kappa shape index (κ1) is 24.1. The van der Waals surface area contributed by atoms with Crippen LogP contribution in [0.15, 0.2) is 11.1 Å². The molecule has 1 fully saturated rings. The predicted molar refractivity (Wildman–Crippen MR) is 90.0 cm³/mol. The van der Waals surface area contributed by atoms with Crippen LogP contribution in [-0.2, 0) is 31.6 Å². The zero-order valence-corrected chi connectivity index (χ0v) is 17.6. The molecule has 2 aromatic heterocycles. The van der Waals surface area contributed by atoms with Crippen LogP contribution in [-0.4, -0.2) is 38.3 Å². The fourth-order valence-corrected chi connectivity index (χ4v) is 5.55. The Morgan fingerprint density at radius 2 is 1.90 bits per heavy atom. The lowest BCUT2D eigenvalue weighted by Crippen LogP contribution is -2.34. The third-order valence-electron chi connectivity index (χ3n) is 3.84. The van der Waals surface area contributed by atoms with Crippen molar-refractivity contribution in [1.29, 1.82) is 0 Å². The van der Waals surface area contributed by atoms with Gasteiger partial charge in [-0.25, -0.2) is 9.29 Å². The van der Waals surface area contributed by atoms with Crippen molar-refractivity contribution in [3.8, 4) is 0 Å². The van der Waals surface area contributed by atoms with E-state index in [-0.39, 0.29) is 23.5 Å². The number of ether oxygens (including phenoxy) is 1. The van der Waals surface area contributed by atoms with Gasteiger partial charge in [-0.05, 0) is 0 Å². The van der Waals surface area contributed by atoms with E-state index >= 15 is 0 Å². The number of phosphoric acid groups is 3. The van der Waals surface area contributed by atoms with Crippen LogP contribution in [0.4, 0.5) is 5.95 Å². The minimum absolute atomic E-state index is 0.0382. The molecule has 0 aliphatic carbocycles. The molecule has 31 heavy (non-hydrogen) atoms. The maximum absolute atomic E-state index is 11.8. The third kappa shape index (κ3) is 6.04. The maximum Gasteiger partial charge on any atom is 0.280 e. The van der Waals surface area contributed by atoms with E-state index in [9.17, 15) is 38.1 Å². The van der Waals surface area contributed by atoms with Gasteiger partial charge >= 0.3 is 0 Å². The summed E-state index contributed by atoms with van der Waals surface area (Å²) in [5.41, 5.74) is 10.8. The third-order valence-corrected chi connectivity index (χ3v) is 7.51. The molecule has 174 valence electrons. The van der Waals surface area contributed by atoms with Gasteiger partial charge in [-0.2, -0.15) is 4.98 Å². The van der Waals surface area contributed by atoms with Crippen LogP contribution >= 0.6 is 23.5 Å². The Morgan fingerprint density at radius 3 is 2.55 bits per heavy atom. The van der Waals surface area contributed by atoms with E-state index in [4.69, 9.17) is 16.2 Å². The number of imidazole rings is 1. The molecule has 0 radical (unpaired) electrons. The second-order valence-electron chi connectivity index (χ2n) is 6.10. The number of phosphoric ester groups is 1. The summed E-state index contributed by atoms with van der Waals surface area (Å²) >= 11 is 0. The van der Waals surface area contributed by atoms with Crippen molar-refractivity contribution in [1.82, 2.24) is 19.5 Å². The van der Waals surface area contributed by atoms with E-state index in [0.29, 0.717) is 0 Å². The van der Waals surface area contributed by atoms with Crippen molar-refractivity contribution in [2.24, 2.45) is 5.73 Å². The van der Waals surface area contributed by atoms with Gasteiger partial charge in [0.15, 0.2) is 11.2 Å². The van der Waals surface area contributed by atoms with Gasteiger partial charge in [0.2, 0.25) is 5.95 Å². The van der Waals surface area contributed by atoms with E-state index < -0.39 is 54.0 Å². The fraction of sp³-hybridized carbons (Fsp3) is 0.500. The molecular weight excluding hydrogens is 489 g/mol. The Labute approximate surface area is 171 Å². The van der Waals surface area contributed by atoms with Crippen molar-refractivity contribution in [2.75, 3.05) is 12.3 Å². The Morgan fingerprint density at radius 1 is 1.23 bits per heavy atom. The zero-order valence-electron chi connectivity index (χ0n) is 15.0. The van der Waals surface area contributed by atoms with Crippen molar-refractivity contribution in [2.45, 2.75) is 24.8 Å². The summed E-state index contributed by atoms with van der Waals surface area (Å²) in [6.45, 7) is -0.840. The van der Waals surface area contributed by atoms with Crippen LogP contribution in [0.2, 0.25) is 0 Å². The second-order valence-corrected chi connectivity index (χ2v) is 10.4. The molecular formula is C10H13N6O12P3-4. The molecule has 1 aliphatic rings. The predicted octanol–water partition coefficient (Wildman–Crippen LogP) is -3.87. The average Bonchev–Trinajstić information content (AvgIpc) is 3.13. The minimum atomic E-state index is -6.10. The van der Waals surface area contributed by atoms with Gasteiger partial charge < -0.3 is 44.9 Å². The molecule has 5 unspecified atom stereocenters. The number of aromatic amines is 1. The highest BCUT2D eigenvalue weighted by Crippen LogP contribution is 2.60. The number of hydrogen-bond acceptors (Lipinski definition) is 16. The van der Waals surface area contributed by atoms with Crippen LogP contribution in [0.25, 0.3) is 11.2 Å². The standard InChI is InChI=1S/C10H17N6O12P3/c11-4-1-6(16-3-13-7-8(16)14-10(12)15-9(7)17)26-5(4)2-25-30(21,22)28-31(23,24)27-29(18,19)20/h3-6H,1-2,11H2,(H,21,22)(H,23,24)(H2,18,19,20)(H3,12,14,15,17)/p-4. The molecule has 0 spiro atoms. The minimum Gasteiger partial charge on any atom is -0.790 e. The Bertz CT molecular complexity index is 1180. The quantitative estimate of drug-likeness (QED) is 0.291.